The molecule has 2 rings (SSSR count). The molecule has 1 saturated heterocycles. The van der Waals surface area contributed by atoms with E-state index in [2.05, 4.69) is 0 Å². The predicted octanol–water partition coefficient (Wildman–Crippen LogP) is 1.27. The van der Waals surface area contributed by atoms with Crippen LogP contribution < -0.4 is 0 Å². The van der Waals surface area contributed by atoms with Gasteiger partial charge >= 0.3 is 5.97 Å². The van der Waals surface area contributed by atoms with Crippen molar-refractivity contribution in [2.24, 2.45) is 17.8 Å². The van der Waals surface area contributed by atoms with Gasteiger partial charge in [-0.2, -0.15) is 0 Å². The molecule has 0 aromatic rings. The number of halogens is 1. The highest BCUT2D eigenvalue weighted by molar-refractivity contribution is 6.13. The number of hydrogen-bond acceptors (Lipinski definition) is 3. The third-order valence-corrected chi connectivity index (χ3v) is 3.52. The maximum atomic E-state index is 11.3. The molecule has 2 fully saturated rings. The Labute approximate surface area is 83.1 Å². The van der Waals surface area contributed by atoms with Crippen molar-refractivity contribution in [3.8, 4) is 0 Å². The van der Waals surface area contributed by atoms with Gasteiger partial charge in [0.2, 0.25) is 0 Å². The minimum atomic E-state index is -0.0458. The maximum absolute atomic E-state index is 11.3. The Morgan fingerprint density at radius 2 is 1.92 bits per heavy atom. The molecule has 0 aromatic heterocycles. The number of ether oxygens (including phenoxy) is 1. The number of carbonyl (C=O) groups is 1. The number of nitrogens with zero attached hydrogens (tertiary/aromatic N) is 1. The minimum Gasteiger partial charge on any atom is -0.469 e. The van der Waals surface area contributed by atoms with Crippen LogP contribution in [-0.4, -0.2) is 30.6 Å². The van der Waals surface area contributed by atoms with E-state index < -0.39 is 0 Å². The molecule has 1 aliphatic heterocycles. The van der Waals surface area contributed by atoms with Crippen LogP contribution in [0.15, 0.2) is 0 Å². The van der Waals surface area contributed by atoms with Gasteiger partial charge in [-0.25, -0.2) is 4.42 Å². The highest BCUT2D eigenvalue weighted by Gasteiger charge is 2.43. The molecule has 0 bridgehead atoms. The molecule has 0 radical (unpaired) electrons. The molecule has 3 nitrogen and oxygen atoms in total. The third kappa shape index (κ3) is 1.67. The minimum absolute atomic E-state index is 0.0458. The van der Waals surface area contributed by atoms with Crippen LogP contribution in [0.2, 0.25) is 0 Å². The highest BCUT2D eigenvalue weighted by atomic mass is 35.5. The molecule has 13 heavy (non-hydrogen) atoms. The topological polar surface area (TPSA) is 29.5 Å². The van der Waals surface area contributed by atoms with E-state index >= 15 is 0 Å². The summed E-state index contributed by atoms with van der Waals surface area (Å²) in [5.41, 5.74) is 0. The average Bonchev–Trinajstić information content (AvgIpc) is 2.59. The Bertz CT molecular complexity index is 208. The summed E-state index contributed by atoms with van der Waals surface area (Å²) in [5, 5.41) is 0. The first-order valence-corrected chi connectivity index (χ1v) is 5.03. The summed E-state index contributed by atoms with van der Waals surface area (Å²) in [5.74, 6) is 1.31. The molecule has 1 aliphatic carbocycles. The second kappa shape index (κ2) is 3.46. The van der Waals surface area contributed by atoms with Crippen LogP contribution >= 0.6 is 11.8 Å². The van der Waals surface area contributed by atoms with Crippen molar-refractivity contribution in [1.29, 1.82) is 0 Å². The fourth-order valence-corrected chi connectivity index (χ4v) is 2.96. The molecule has 1 heterocycles. The van der Waals surface area contributed by atoms with Gasteiger partial charge in [0.1, 0.15) is 0 Å². The second-order valence-corrected chi connectivity index (χ2v) is 4.52. The zero-order valence-corrected chi connectivity index (χ0v) is 8.46. The van der Waals surface area contributed by atoms with E-state index in [4.69, 9.17) is 16.5 Å². The summed E-state index contributed by atoms with van der Waals surface area (Å²) in [6, 6.07) is 0. The van der Waals surface area contributed by atoms with Gasteiger partial charge < -0.3 is 4.74 Å². The van der Waals surface area contributed by atoms with Crippen LogP contribution in [0, 0.1) is 17.8 Å². The van der Waals surface area contributed by atoms with Crippen LogP contribution in [0.1, 0.15) is 12.8 Å². The molecule has 0 spiro atoms. The van der Waals surface area contributed by atoms with E-state index in [0.29, 0.717) is 11.8 Å². The standard InChI is InChI=1S/C9H14ClNO2/c1-13-9(12)6-2-7-4-11(10)5-8(7)3-6/h6-8H,2-5H2,1H3. The predicted molar refractivity (Wildman–Crippen MR) is 49.1 cm³/mol. The Kier molecular flexibility index (Phi) is 2.47. The van der Waals surface area contributed by atoms with Crippen LogP contribution in [0.4, 0.5) is 0 Å². The van der Waals surface area contributed by atoms with Gasteiger partial charge in [0.25, 0.3) is 0 Å². The zero-order valence-electron chi connectivity index (χ0n) is 7.70. The van der Waals surface area contributed by atoms with Crippen molar-refractivity contribution in [3.05, 3.63) is 0 Å². The van der Waals surface area contributed by atoms with Crippen molar-refractivity contribution in [1.82, 2.24) is 4.42 Å². The molecule has 2 atom stereocenters. The first kappa shape index (κ1) is 9.28. The van der Waals surface area contributed by atoms with Crippen molar-refractivity contribution in [2.75, 3.05) is 20.2 Å². The quantitative estimate of drug-likeness (QED) is 0.475. The number of carbonyl (C=O) groups excluding carboxylic acids is 1. The lowest BCUT2D eigenvalue weighted by atomic mass is 10.0. The summed E-state index contributed by atoms with van der Waals surface area (Å²) in [7, 11) is 1.46. The molecular weight excluding hydrogens is 190 g/mol. The van der Waals surface area contributed by atoms with E-state index in [1.165, 1.54) is 7.11 Å². The van der Waals surface area contributed by atoms with Gasteiger partial charge in [-0.3, -0.25) is 4.79 Å². The number of fused-ring (bicyclic) bond motifs is 1. The Balaban J connectivity index is 1.93. The van der Waals surface area contributed by atoms with Gasteiger partial charge in [-0.05, 0) is 36.5 Å². The van der Waals surface area contributed by atoms with Gasteiger partial charge in [-0.1, -0.05) is 0 Å². The molecule has 1 saturated carbocycles. The van der Waals surface area contributed by atoms with Crippen LogP contribution in [0.3, 0.4) is 0 Å². The molecule has 0 amide bonds. The molecule has 74 valence electrons. The van der Waals surface area contributed by atoms with Crippen molar-refractivity contribution in [2.45, 2.75) is 12.8 Å². The summed E-state index contributed by atoms with van der Waals surface area (Å²) in [4.78, 5) is 11.3. The summed E-state index contributed by atoms with van der Waals surface area (Å²) >= 11 is 5.89. The number of hydrogen-bond donors (Lipinski definition) is 0. The van der Waals surface area contributed by atoms with Crippen molar-refractivity contribution in [3.63, 3.8) is 0 Å². The normalized spacial score (nSPS) is 39.1. The van der Waals surface area contributed by atoms with Gasteiger partial charge in [0.15, 0.2) is 0 Å². The largest absolute Gasteiger partial charge is 0.469 e. The van der Waals surface area contributed by atoms with Gasteiger partial charge in [0.05, 0.1) is 13.0 Å². The monoisotopic (exact) mass is 203 g/mol. The maximum Gasteiger partial charge on any atom is 0.308 e. The van der Waals surface area contributed by atoms with E-state index in [9.17, 15) is 4.79 Å². The second-order valence-electron chi connectivity index (χ2n) is 4.04. The summed E-state index contributed by atoms with van der Waals surface area (Å²) in [6.07, 6.45) is 1.92. The summed E-state index contributed by atoms with van der Waals surface area (Å²) in [6.45, 7) is 1.86. The lowest BCUT2D eigenvalue weighted by Crippen LogP contribution is -2.17. The fourth-order valence-electron chi connectivity index (χ4n) is 2.60. The Morgan fingerprint density at radius 1 is 1.38 bits per heavy atom. The smallest absolute Gasteiger partial charge is 0.308 e. The third-order valence-electron chi connectivity index (χ3n) is 3.24. The summed E-state index contributed by atoms with van der Waals surface area (Å²) < 4.78 is 6.58. The number of methoxy groups -OCH3 is 1. The molecule has 2 aliphatic rings. The molecule has 4 heteroatoms. The molecule has 0 N–H and O–H groups in total. The van der Waals surface area contributed by atoms with E-state index in [1.54, 1.807) is 0 Å². The van der Waals surface area contributed by atoms with Crippen LogP contribution in [0.25, 0.3) is 0 Å². The fraction of sp³-hybridized carbons (Fsp3) is 0.889. The van der Waals surface area contributed by atoms with Crippen molar-refractivity contribution < 1.29 is 9.53 Å². The number of esters is 1. The molecular formula is C9H14ClNO2. The van der Waals surface area contributed by atoms with Gasteiger partial charge in [0, 0.05) is 13.1 Å². The van der Waals surface area contributed by atoms with Crippen LogP contribution in [-0.2, 0) is 9.53 Å². The van der Waals surface area contributed by atoms with E-state index in [1.807, 2.05) is 4.42 Å². The first-order chi connectivity index (χ1) is 6.20. The average molecular weight is 204 g/mol. The lowest BCUT2D eigenvalue weighted by Gasteiger charge is -2.10. The zero-order chi connectivity index (χ0) is 9.42. The number of rotatable bonds is 1. The SMILES string of the molecule is COC(=O)C1CC2CN(Cl)CC2C1. The van der Waals surface area contributed by atoms with E-state index in [-0.39, 0.29) is 11.9 Å². The Morgan fingerprint density at radius 3 is 2.38 bits per heavy atom. The van der Waals surface area contributed by atoms with E-state index in [0.717, 1.165) is 25.9 Å². The van der Waals surface area contributed by atoms with Crippen molar-refractivity contribution >= 4 is 17.7 Å². The Hall–Kier alpha value is -0.280. The molecule has 2 unspecified atom stereocenters. The van der Waals surface area contributed by atoms with Crippen LogP contribution in [0.5, 0.6) is 0 Å². The highest BCUT2D eigenvalue weighted by Crippen LogP contribution is 2.42. The molecule has 0 aromatic carbocycles. The first-order valence-electron chi connectivity index (χ1n) is 4.69. The lowest BCUT2D eigenvalue weighted by molar-refractivity contribution is -0.145. The van der Waals surface area contributed by atoms with Gasteiger partial charge in [-0.15, -0.1) is 0 Å².